The molecular formula is C38H26. The average molecular weight is 483 g/mol. The summed E-state index contributed by atoms with van der Waals surface area (Å²) in [6, 6.07) is 54.3. The van der Waals surface area contributed by atoms with Crippen molar-refractivity contribution >= 4 is 27.9 Å². The second kappa shape index (κ2) is 9.50. The fraction of sp³-hybridized carbons (Fsp3) is 0. The molecule has 0 heteroatoms. The summed E-state index contributed by atoms with van der Waals surface area (Å²) in [6.45, 7) is 0. The molecular weight excluding hydrogens is 456 g/mol. The zero-order chi connectivity index (χ0) is 25.3. The molecule has 5 aromatic carbocycles. The Kier molecular flexibility index (Phi) is 5.57. The van der Waals surface area contributed by atoms with Crippen LogP contribution < -0.4 is 0 Å². The highest BCUT2D eigenvalue weighted by Crippen LogP contribution is 2.59. The first-order valence-corrected chi connectivity index (χ1v) is 13.1. The Balaban J connectivity index is 1.62. The summed E-state index contributed by atoms with van der Waals surface area (Å²) in [7, 11) is 0. The highest BCUT2D eigenvalue weighted by Gasteiger charge is 2.37. The maximum absolute atomic E-state index is 2.42. The van der Waals surface area contributed by atoms with Crippen LogP contribution in [0.2, 0.25) is 0 Å². The number of fused-ring (bicyclic) bond motifs is 1. The second-order valence-electron chi connectivity index (χ2n) is 9.68. The Hall–Kier alpha value is -4.94. The van der Waals surface area contributed by atoms with Crippen LogP contribution >= 0.6 is 0 Å². The topological polar surface area (TPSA) is 0 Å². The Labute approximate surface area is 224 Å². The molecule has 0 fully saturated rings. The van der Waals surface area contributed by atoms with E-state index in [0.29, 0.717) is 0 Å². The summed E-state index contributed by atoms with van der Waals surface area (Å²) in [5.41, 5.74) is 15.3. The molecule has 0 atom stereocenters. The first-order valence-electron chi connectivity index (χ1n) is 13.1. The van der Waals surface area contributed by atoms with Crippen molar-refractivity contribution in [3.8, 4) is 0 Å². The minimum Gasteiger partial charge on any atom is -0.0622 e. The zero-order valence-corrected chi connectivity index (χ0v) is 21.0. The van der Waals surface area contributed by atoms with Gasteiger partial charge in [0.2, 0.25) is 0 Å². The molecule has 0 bridgehead atoms. The van der Waals surface area contributed by atoms with Crippen LogP contribution in [0.25, 0.3) is 27.9 Å². The number of hydrogen-bond donors (Lipinski definition) is 0. The van der Waals surface area contributed by atoms with Gasteiger partial charge in [0.25, 0.3) is 0 Å². The third kappa shape index (κ3) is 3.70. The third-order valence-electron chi connectivity index (χ3n) is 7.43. The number of rotatable bonds is 5. The Morgan fingerprint density at radius 3 is 0.974 bits per heavy atom. The molecule has 178 valence electrons. The van der Waals surface area contributed by atoms with Gasteiger partial charge in [-0.05, 0) is 72.9 Å². The van der Waals surface area contributed by atoms with Gasteiger partial charge in [-0.3, -0.25) is 0 Å². The van der Waals surface area contributed by atoms with Crippen molar-refractivity contribution in [2.45, 2.75) is 0 Å². The summed E-state index contributed by atoms with van der Waals surface area (Å²) in [5.74, 6) is 0. The van der Waals surface area contributed by atoms with Gasteiger partial charge in [0.1, 0.15) is 0 Å². The summed E-state index contributed by atoms with van der Waals surface area (Å²) >= 11 is 0. The molecule has 0 saturated heterocycles. The summed E-state index contributed by atoms with van der Waals surface area (Å²) in [4.78, 5) is 0. The number of hydrogen-bond acceptors (Lipinski definition) is 0. The fourth-order valence-electron chi connectivity index (χ4n) is 5.84. The number of allylic oxidation sites excluding steroid dienone is 8. The first-order chi connectivity index (χ1) is 18.9. The Bertz CT molecular complexity index is 1700. The van der Waals surface area contributed by atoms with E-state index >= 15 is 0 Å². The van der Waals surface area contributed by atoms with E-state index in [-0.39, 0.29) is 0 Å². The molecule has 0 N–H and O–H groups in total. The lowest BCUT2D eigenvalue weighted by molar-refractivity contribution is 1.55. The predicted molar refractivity (Wildman–Crippen MR) is 161 cm³/mol. The molecule has 0 aliphatic heterocycles. The molecule has 0 saturated carbocycles. The first kappa shape index (κ1) is 22.3. The van der Waals surface area contributed by atoms with E-state index in [1.165, 1.54) is 66.8 Å². The monoisotopic (exact) mass is 482 g/mol. The number of benzene rings is 5. The Morgan fingerprint density at radius 2 is 0.553 bits per heavy atom. The van der Waals surface area contributed by atoms with E-state index in [1.54, 1.807) is 0 Å². The molecule has 5 aromatic rings. The molecule has 0 spiro atoms. The van der Waals surface area contributed by atoms with Crippen LogP contribution in [-0.2, 0) is 0 Å². The lowest BCUT2D eigenvalue weighted by Crippen LogP contribution is -1.95. The molecule has 0 radical (unpaired) electrons. The average Bonchev–Trinajstić information content (AvgIpc) is 3.54. The maximum atomic E-state index is 2.42. The van der Waals surface area contributed by atoms with Gasteiger partial charge in [-0.2, -0.15) is 0 Å². The normalized spacial score (nSPS) is 14.7. The minimum absolute atomic E-state index is 1.24. The molecule has 7 rings (SSSR count). The third-order valence-corrected chi connectivity index (χ3v) is 7.43. The van der Waals surface area contributed by atoms with Crippen molar-refractivity contribution in [3.63, 3.8) is 0 Å². The highest BCUT2D eigenvalue weighted by molar-refractivity contribution is 6.33. The van der Waals surface area contributed by atoms with E-state index in [1.807, 2.05) is 0 Å². The lowest BCUT2D eigenvalue weighted by atomic mass is 9.86. The van der Waals surface area contributed by atoms with Crippen molar-refractivity contribution in [3.05, 3.63) is 197 Å². The van der Waals surface area contributed by atoms with Crippen LogP contribution in [-0.4, -0.2) is 0 Å². The van der Waals surface area contributed by atoms with Gasteiger partial charge in [-0.25, -0.2) is 0 Å². The summed E-state index contributed by atoms with van der Waals surface area (Å²) in [5, 5.41) is 0. The van der Waals surface area contributed by atoms with Gasteiger partial charge < -0.3 is 0 Å². The highest BCUT2D eigenvalue weighted by atomic mass is 14.4. The van der Waals surface area contributed by atoms with Crippen molar-refractivity contribution < 1.29 is 0 Å². The van der Waals surface area contributed by atoms with E-state index in [0.717, 1.165) is 0 Å². The quantitative estimate of drug-likeness (QED) is 0.234. The van der Waals surface area contributed by atoms with Crippen LogP contribution in [0.15, 0.2) is 169 Å². The van der Waals surface area contributed by atoms with Crippen molar-refractivity contribution in [2.24, 2.45) is 0 Å². The molecule has 2 aliphatic carbocycles. The van der Waals surface area contributed by atoms with E-state index in [2.05, 4.69) is 158 Å². The lowest BCUT2D eigenvalue weighted by Gasteiger charge is -2.16. The molecule has 0 unspecified atom stereocenters. The van der Waals surface area contributed by atoms with Gasteiger partial charge >= 0.3 is 0 Å². The van der Waals surface area contributed by atoms with Gasteiger partial charge in [-0.15, -0.1) is 0 Å². The van der Waals surface area contributed by atoms with Crippen molar-refractivity contribution in [1.82, 2.24) is 0 Å². The van der Waals surface area contributed by atoms with Crippen molar-refractivity contribution in [2.75, 3.05) is 0 Å². The zero-order valence-electron chi connectivity index (χ0n) is 21.0. The summed E-state index contributed by atoms with van der Waals surface area (Å²) in [6.07, 6.45) is 2.42. The Morgan fingerprint density at radius 1 is 0.237 bits per heavy atom. The standard InChI is InChI=1S/C38H26/c1-6-16-27(17-7-1)32-26-33-35(29-20-10-3-11-21-29)36(30-22-12-4-13-23-30)37(31-24-14-5-15-25-31)38(33)34(32)28-18-8-2-9-19-28/h1-26H. The molecule has 38 heavy (non-hydrogen) atoms. The fourth-order valence-corrected chi connectivity index (χ4v) is 5.84. The van der Waals surface area contributed by atoms with Crippen LogP contribution in [0.4, 0.5) is 0 Å². The van der Waals surface area contributed by atoms with E-state index in [9.17, 15) is 0 Å². The molecule has 0 nitrogen and oxygen atoms in total. The minimum atomic E-state index is 1.24. The van der Waals surface area contributed by atoms with E-state index < -0.39 is 0 Å². The van der Waals surface area contributed by atoms with Crippen LogP contribution in [0.3, 0.4) is 0 Å². The van der Waals surface area contributed by atoms with Crippen LogP contribution in [0.1, 0.15) is 27.8 Å². The van der Waals surface area contributed by atoms with Crippen LogP contribution in [0, 0.1) is 0 Å². The maximum Gasteiger partial charge on any atom is -0.000741 e. The van der Waals surface area contributed by atoms with Gasteiger partial charge in [0.05, 0.1) is 0 Å². The van der Waals surface area contributed by atoms with Crippen LogP contribution in [0.5, 0.6) is 0 Å². The molecule has 0 amide bonds. The predicted octanol–water partition coefficient (Wildman–Crippen LogP) is 9.62. The molecule has 0 heterocycles. The molecule has 0 aromatic heterocycles. The van der Waals surface area contributed by atoms with Crippen molar-refractivity contribution in [1.29, 1.82) is 0 Å². The second-order valence-corrected chi connectivity index (χ2v) is 9.68. The van der Waals surface area contributed by atoms with E-state index in [4.69, 9.17) is 0 Å². The largest absolute Gasteiger partial charge is 0.0622 e. The van der Waals surface area contributed by atoms with Gasteiger partial charge in [-0.1, -0.05) is 152 Å². The van der Waals surface area contributed by atoms with Gasteiger partial charge in [0, 0.05) is 0 Å². The summed E-state index contributed by atoms with van der Waals surface area (Å²) < 4.78 is 0. The van der Waals surface area contributed by atoms with Gasteiger partial charge in [0.15, 0.2) is 0 Å². The SMILES string of the molecule is C1=C2C(=C(c3ccccc3)C(c3ccccc3)=C2c2ccccc2)C(c2ccccc2)=C1c1ccccc1. The smallest absolute Gasteiger partial charge is 0.000741 e. The molecule has 2 aliphatic rings.